The predicted molar refractivity (Wildman–Crippen MR) is 114 cm³/mol. The molecule has 3 atom stereocenters. The lowest BCUT2D eigenvalue weighted by Crippen LogP contribution is -2.32. The molecule has 1 fully saturated rings. The molecule has 3 aromatic heterocycles. The van der Waals surface area contributed by atoms with Crippen LogP contribution in [0.4, 0.5) is 19.1 Å². The van der Waals surface area contributed by atoms with Crippen LogP contribution in [0.5, 0.6) is 0 Å². The first kappa shape index (κ1) is 21.5. The van der Waals surface area contributed by atoms with Crippen molar-refractivity contribution >= 4 is 27.5 Å². The third-order valence-electron chi connectivity index (χ3n) is 6.17. The number of nitrogens with two attached hydrogens (primary N) is 1. The molecule has 0 saturated carbocycles. The smallest absolute Gasteiger partial charge is 0.390 e. The van der Waals surface area contributed by atoms with Crippen LogP contribution in [0.3, 0.4) is 0 Å². The summed E-state index contributed by atoms with van der Waals surface area (Å²) in [5, 5.41) is 18.2. The van der Waals surface area contributed by atoms with E-state index >= 15 is 0 Å². The van der Waals surface area contributed by atoms with Gasteiger partial charge in [0.2, 0.25) is 11.8 Å². The van der Waals surface area contributed by atoms with Crippen LogP contribution in [0, 0.1) is 0 Å². The van der Waals surface area contributed by atoms with E-state index in [-0.39, 0.29) is 18.5 Å². The topological polar surface area (TPSA) is 106 Å². The number of aromatic nitrogens is 5. The van der Waals surface area contributed by atoms with Gasteiger partial charge in [-0.2, -0.15) is 13.2 Å². The number of fused-ring (bicyclic) bond motifs is 2. The van der Waals surface area contributed by atoms with Crippen molar-refractivity contribution in [3.05, 3.63) is 28.3 Å². The molecule has 0 amide bonds. The van der Waals surface area contributed by atoms with Crippen LogP contribution in [0.1, 0.15) is 47.9 Å². The Balaban J connectivity index is 1.54. The zero-order valence-corrected chi connectivity index (χ0v) is 18.3. The molecule has 3 aromatic rings. The van der Waals surface area contributed by atoms with E-state index < -0.39 is 18.1 Å². The van der Waals surface area contributed by atoms with Crippen molar-refractivity contribution in [1.29, 1.82) is 0 Å². The molecule has 0 spiro atoms. The molecule has 2 aliphatic rings. The minimum Gasteiger partial charge on any atom is -0.390 e. The van der Waals surface area contributed by atoms with Crippen LogP contribution in [-0.2, 0) is 25.6 Å². The molecular formula is C20H24F3N7OS. The Morgan fingerprint density at radius 1 is 1.25 bits per heavy atom. The molecule has 5 heterocycles. The third kappa shape index (κ3) is 3.73. The minimum absolute atomic E-state index is 0.0951. The number of halogens is 3. The molecular weight excluding hydrogens is 443 g/mol. The summed E-state index contributed by atoms with van der Waals surface area (Å²) < 4.78 is 40.8. The lowest BCUT2D eigenvalue weighted by molar-refractivity contribution is -0.147. The van der Waals surface area contributed by atoms with Gasteiger partial charge in [0.1, 0.15) is 10.7 Å². The summed E-state index contributed by atoms with van der Waals surface area (Å²) in [5.41, 5.74) is 6.80. The highest BCUT2D eigenvalue weighted by Crippen LogP contribution is 2.38. The van der Waals surface area contributed by atoms with Crippen LogP contribution in [0.15, 0.2) is 6.07 Å². The molecule has 8 nitrogen and oxygen atoms in total. The first-order chi connectivity index (χ1) is 15.2. The first-order valence-corrected chi connectivity index (χ1v) is 11.5. The minimum atomic E-state index is -4.52. The van der Waals surface area contributed by atoms with E-state index in [2.05, 4.69) is 23.2 Å². The highest BCUT2D eigenvalue weighted by atomic mass is 32.1. The van der Waals surface area contributed by atoms with Crippen molar-refractivity contribution in [2.75, 3.05) is 18.0 Å². The zero-order chi connectivity index (χ0) is 22.6. The largest absolute Gasteiger partial charge is 0.451 e. The second-order valence-electron chi connectivity index (χ2n) is 8.51. The van der Waals surface area contributed by atoms with E-state index in [1.807, 2.05) is 4.90 Å². The molecule has 2 aliphatic heterocycles. The van der Waals surface area contributed by atoms with Crippen molar-refractivity contribution in [2.45, 2.75) is 63.4 Å². The van der Waals surface area contributed by atoms with Crippen LogP contribution in [-0.4, -0.2) is 55.1 Å². The van der Waals surface area contributed by atoms with Crippen molar-refractivity contribution in [1.82, 2.24) is 24.7 Å². The Labute approximate surface area is 186 Å². The second kappa shape index (κ2) is 7.92. The molecule has 5 rings (SSSR count). The number of anilines is 1. The molecule has 0 aromatic carbocycles. The number of aliphatic hydroxyl groups excluding tert-OH is 1. The number of aryl methyl sites for hydroxylation is 1. The Hall–Kier alpha value is -2.31. The lowest BCUT2D eigenvalue weighted by atomic mass is 9.92. The van der Waals surface area contributed by atoms with Crippen LogP contribution < -0.4 is 10.6 Å². The standard InChI is InChI=1S/C20H24F3N7OS/c1-2-3-11-7-12-16(10-4-5-30-15(6-10)27-28-18(30)20(21,22)23)25-19(26-17(12)32-11)29-8-13(24)14(31)9-29/h7,10,13-14,31H,2-6,8-9,24H2,1H3. The molecule has 1 saturated heterocycles. The number of aliphatic hydroxyl groups is 1. The average molecular weight is 468 g/mol. The summed E-state index contributed by atoms with van der Waals surface area (Å²) in [5.74, 6) is -0.209. The maximum Gasteiger partial charge on any atom is 0.451 e. The molecule has 3 N–H and O–H groups in total. The molecule has 3 unspecified atom stereocenters. The summed E-state index contributed by atoms with van der Waals surface area (Å²) in [4.78, 5) is 13.5. The van der Waals surface area contributed by atoms with Crippen LogP contribution in [0.25, 0.3) is 10.2 Å². The van der Waals surface area contributed by atoms with Gasteiger partial charge in [0.05, 0.1) is 11.8 Å². The predicted octanol–water partition coefficient (Wildman–Crippen LogP) is 2.49. The SMILES string of the molecule is CCCc1cc2c(C3CCn4c(nnc4C(F)(F)F)C3)nc(N3CC(N)C(O)C3)nc2s1. The monoisotopic (exact) mass is 467 g/mol. The van der Waals surface area contributed by atoms with Gasteiger partial charge < -0.3 is 20.3 Å². The molecule has 32 heavy (non-hydrogen) atoms. The maximum absolute atomic E-state index is 13.2. The second-order valence-corrected chi connectivity index (χ2v) is 9.62. The van der Waals surface area contributed by atoms with Crippen LogP contribution >= 0.6 is 11.3 Å². The fourth-order valence-electron chi connectivity index (χ4n) is 4.55. The third-order valence-corrected chi connectivity index (χ3v) is 7.26. The van der Waals surface area contributed by atoms with Gasteiger partial charge in [0, 0.05) is 48.3 Å². The summed E-state index contributed by atoms with van der Waals surface area (Å²) in [6, 6.07) is 1.74. The summed E-state index contributed by atoms with van der Waals surface area (Å²) in [7, 11) is 0. The van der Waals surface area contributed by atoms with E-state index in [0.717, 1.165) is 28.8 Å². The first-order valence-electron chi connectivity index (χ1n) is 10.7. The Morgan fingerprint density at radius 3 is 2.75 bits per heavy atom. The van der Waals surface area contributed by atoms with Gasteiger partial charge in [-0.3, -0.25) is 0 Å². The van der Waals surface area contributed by atoms with Crippen molar-refractivity contribution in [3.63, 3.8) is 0 Å². The van der Waals surface area contributed by atoms with E-state index in [9.17, 15) is 18.3 Å². The summed E-state index contributed by atoms with van der Waals surface area (Å²) >= 11 is 1.61. The van der Waals surface area contributed by atoms with Gasteiger partial charge in [-0.25, -0.2) is 9.97 Å². The number of rotatable bonds is 4. The van der Waals surface area contributed by atoms with Gasteiger partial charge >= 0.3 is 6.18 Å². The number of β-amino-alcohol motifs (C(OH)–C–C–N with tert-alkyl or cyclic N) is 1. The van der Waals surface area contributed by atoms with Gasteiger partial charge in [0.25, 0.3) is 0 Å². The van der Waals surface area contributed by atoms with Gasteiger partial charge in [-0.15, -0.1) is 21.5 Å². The van der Waals surface area contributed by atoms with E-state index in [4.69, 9.17) is 15.7 Å². The van der Waals surface area contributed by atoms with Gasteiger partial charge in [0.15, 0.2) is 0 Å². The Morgan fingerprint density at radius 2 is 2.06 bits per heavy atom. The lowest BCUT2D eigenvalue weighted by Gasteiger charge is -2.25. The van der Waals surface area contributed by atoms with Crippen molar-refractivity contribution in [2.24, 2.45) is 5.73 Å². The zero-order valence-electron chi connectivity index (χ0n) is 17.5. The normalized spacial score (nSPS) is 23.8. The average Bonchev–Trinajstić information content (AvgIpc) is 3.43. The Kier molecular flexibility index (Phi) is 5.33. The van der Waals surface area contributed by atoms with Crippen LogP contribution in [0.2, 0.25) is 0 Å². The molecule has 172 valence electrons. The highest BCUT2D eigenvalue weighted by Gasteiger charge is 2.40. The molecule has 0 aliphatic carbocycles. The van der Waals surface area contributed by atoms with Gasteiger partial charge in [-0.05, 0) is 18.9 Å². The van der Waals surface area contributed by atoms with Crippen molar-refractivity contribution < 1.29 is 18.3 Å². The molecule has 12 heteroatoms. The Bertz CT molecular complexity index is 1130. The fraction of sp³-hybridized carbons (Fsp3) is 0.600. The summed E-state index contributed by atoms with van der Waals surface area (Å²) in [6.45, 7) is 3.10. The fourth-order valence-corrected chi connectivity index (χ4v) is 5.68. The number of alkyl halides is 3. The van der Waals surface area contributed by atoms with Crippen molar-refractivity contribution in [3.8, 4) is 0 Å². The summed E-state index contributed by atoms with van der Waals surface area (Å²) in [6.07, 6.45) is -2.41. The number of thiophene rings is 1. The number of hydrogen-bond acceptors (Lipinski definition) is 8. The number of nitrogens with zero attached hydrogens (tertiary/aromatic N) is 6. The number of hydrogen-bond donors (Lipinski definition) is 2. The quantitative estimate of drug-likeness (QED) is 0.607. The molecule has 0 radical (unpaired) electrons. The maximum atomic E-state index is 13.2. The van der Waals surface area contributed by atoms with E-state index in [1.165, 1.54) is 9.44 Å². The van der Waals surface area contributed by atoms with E-state index in [1.54, 1.807) is 11.3 Å². The van der Waals surface area contributed by atoms with E-state index in [0.29, 0.717) is 37.7 Å². The molecule has 0 bridgehead atoms. The van der Waals surface area contributed by atoms with Gasteiger partial charge in [-0.1, -0.05) is 13.3 Å². The highest BCUT2D eigenvalue weighted by molar-refractivity contribution is 7.18.